The van der Waals surface area contributed by atoms with Gasteiger partial charge < -0.3 is 4.90 Å². The highest BCUT2D eigenvalue weighted by atomic mass is 32.1. The molecule has 0 saturated carbocycles. The fourth-order valence-corrected chi connectivity index (χ4v) is 3.36. The summed E-state index contributed by atoms with van der Waals surface area (Å²) in [6, 6.07) is 10.9. The van der Waals surface area contributed by atoms with Gasteiger partial charge in [-0.15, -0.1) is 11.3 Å². The van der Waals surface area contributed by atoms with Gasteiger partial charge in [-0.3, -0.25) is 0 Å². The lowest BCUT2D eigenvalue weighted by atomic mass is 9.95. The summed E-state index contributed by atoms with van der Waals surface area (Å²) in [7, 11) is 4.24. The van der Waals surface area contributed by atoms with Gasteiger partial charge in [0.2, 0.25) is 0 Å². The van der Waals surface area contributed by atoms with Crippen molar-refractivity contribution in [3.05, 3.63) is 63.4 Å². The summed E-state index contributed by atoms with van der Waals surface area (Å²) in [6.07, 6.45) is 7.94. The molecule has 0 fully saturated rings. The van der Waals surface area contributed by atoms with Crippen LogP contribution in [0.4, 0.5) is 0 Å². The van der Waals surface area contributed by atoms with E-state index in [1.165, 1.54) is 27.1 Å². The molecular formula is C18H19NS. The van der Waals surface area contributed by atoms with Crippen LogP contribution in [0.5, 0.6) is 0 Å². The van der Waals surface area contributed by atoms with Gasteiger partial charge in [-0.1, -0.05) is 36.4 Å². The minimum Gasteiger partial charge on any atom is -0.309 e. The molecule has 0 amide bonds. The van der Waals surface area contributed by atoms with Crippen molar-refractivity contribution in [2.45, 2.75) is 6.42 Å². The Kier molecular flexibility index (Phi) is 3.86. The molecule has 1 aliphatic rings. The number of hydrogen-bond donors (Lipinski definition) is 0. The Balaban J connectivity index is 2.06. The molecule has 0 spiro atoms. The van der Waals surface area contributed by atoms with Crippen molar-refractivity contribution < 1.29 is 0 Å². The molecule has 20 heavy (non-hydrogen) atoms. The molecule has 0 unspecified atom stereocenters. The molecule has 2 aromatic rings. The summed E-state index contributed by atoms with van der Waals surface area (Å²) >= 11 is 1.81. The lowest BCUT2D eigenvalue weighted by Gasteiger charge is -2.11. The van der Waals surface area contributed by atoms with Gasteiger partial charge in [0.15, 0.2) is 0 Å². The van der Waals surface area contributed by atoms with Crippen molar-refractivity contribution >= 4 is 29.1 Å². The van der Waals surface area contributed by atoms with E-state index >= 15 is 0 Å². The third-order valence-electron chi connectivity index (χ3n) is 3.58. The van der Waals surface area contributed by atoms with Gasteiger partial charge >= 0.3 is 0 Å². The van der Waals surface area contributed by atoms with Crippen LogP contribution in [0.15, 0.2) is 41.8 Å². The first-order valence-corrected chi connectivity index (χ1v) is 7.84. The van der Waals surface area contributed by atoms with Gasteiger partial charge in [0.1, 0.15) is 0 Å². The van der Waals surface area contributed by atoms with Crippen LogP contribution in [-0.4, -0.2) is 25.5 Å². The van der Waals surface area contributed by atoms with E-state index in [0.29, 0.717) is 0 Å². The number of nitrogens with zero attached hydrogens (tertiary/aromatic N) is 1. The summed E-state index contributed by atoms with van der Waals surface area (Å²) in [5.74, 6) is 0. The quantitative estimate of drug-likeness (QED) is 0.677. The maximum atomic E-state index is 2.39. The molecule has 102 valence electrons. The lowest BCUT2D eigenvalue weighted by molar-refractivity contribution is 0.417. The fraction of sp³-hybridized carbons (Fsp3) is 0.222. The van der Waals surface area contributed by atoms with Crippen molar-refractivity contribution in [1.82, 2.24) is 4.90 Å². The molecule has 1 heterocycles. The van der Waals surface area contributed by atoms with Crippen molar-refractivity contribution in [2.75, 3.05) is 20.6 Å². The van der Waals surface area contributed by atoms with Gasteiger partial charge in [0.05, 0.1) is 0 Å². The van der Waals surface area contributed by atoms with Crippen LogP contribution in [-0.2, 0) is 0 Å². The smallest absolute Gasteiger partial charge is 0.0349 e. The van der Waals surface area contributed by atoms with E-state index in [2.05, 4.69) is 72.9 Å². The summed E-state index contributed by atoms with van der Waals surface area (Å²) in [6.45, 7) is 1.08. The van der Waals surface area contributed by atoms with Crippen LogP contribution < -0.4 is 0 Å². The van der Waals surface area contributed by atoms with Crippen molar-refractivity contribution in [1.29, 1.82) is 0 Å². The predicted molar refractivity (Wildman–Crippen MR) is 89.9 cm³/mol. The largest absolute Gasteiger partial charge is 0.309 e. The molecule has 0 bridgehead atoms. The second-order valence-electron chi connectivity index (χ2n) is 5.33. The zero-order valence-electron chi connectivity index (χ0n) is 12.0. The van der Waals surface area contributed by atoms with E-state index in [1.807, 2.05) is 11.3 Å². The number of fused-ring (bicyclic) bond motifs is 2. The maximum absolute atomic E-state index is 2.39. The first kappa shape index (κ1) is 13.3. The number of benzene rings is 1. The van der Waals surface area contributed by atoms with Gasteiger partial charge in [-0.05, 0) is 60.3 Å². The first-order valence-electron chi connectivity index (χ1n) is 6.96. The molecule has 0 N–H and O–H groups in total. The molecular weight excluding hydrogens is 262 g/mol. The van der Waals surface area contributed by atoms with Crippen LogP contribution in [0.25, 0.3) is 17.7 Å². The lowest BCUT2D eigenvalue weighted by Crippen LogP contribution is -2.12. The highest BCUT2D eigenvalue weighted by molar-refractivity contribution is 7.11. The normalized spacial score (nSPS) is 15.2. The average molecular weight is 281 g/mol. The summed E-state index contributed by atoms with van der Waals surface area (Å²) in [5.41, 5.74) is 5.41. The van der Waals surface area contributed by atoms with E-state index in [-0.39, 0.29) is 0 Å². The Labute approximate surface area is 124 Å². The van der Waals surface area contributed by atoms with E-state index in [4.69, 9.17) is 0 Å². The fourth-order valence-electron chi connectivity index (χ4n) is 2.56. The third-order valence-corrected chi connectivity index (χ3v) is 4.46. The van der Waals surface area contributed by atoms with Crippen molar-refractivity contribution in [3.63, 3.8) is 0 Å². The van der Waals surface area contributed by atoms with E-state index < -0.39 is 0 Å². The zero-order valence-corrected chi connectivity index (χ0v) is 12.8. The molecule has 0 saturated heterocycles. The van der Waals surface area contributed by atoms with E-state index in [9.17, 15) is 0 Å². The topological polar surface area (TPSA) is 3.24 Å². The minimum absolute atomic E-state index is 1.08. The SMILES string of the molecule is CN(C)CCC=C1c2ccccc2C=Cc2sccc21. The highest BCUT2D eigenvalue weighted by Crippen LogP contribution is 2.36. The molecule has 3 rings (SSSR count). The second-order valence-corrected chi connectivity index (χ2v) is 6.28. The number of thiophene rings is 1. The van der Waals surface area contributed by atoms with Gasteiger partial charge in [0, 0.05) is 11.4 Å². The van der Waals surface area contributed by atoms with Gasteiger partial charge in [-0.2, -0.15) is 0 Å². The van der Waals surface area contributed by atoms with Crippen LogP contribution in [0.1, 0.15) is 28.0 Å². The van der Waals surface area contributed by atoms with E-state index in [1.54, 1.807) is 0 Å². The van der Waals surface area contributed by atoms with E-state index in [0.717, 1.165) is 13.0 Å². The molecule has 1 aromatic heterocycles. The Morgan fingerprint density at radius 2 is 1.90 bits per heavy atom. The van der Waals surface area contributed by atoms with Gasteiger partial charge in [0.25, 0.3) is 0 Å². The van der Waals surface area contributed by atoms with Crippen LogP contribution in [0.2, 0.25) is 0 Å². The second kappa shape index (κ2) is 5.78. The average Bonchev–Trinajstić information content (AvgIpc) is 2.84. The Hall–Kier alpha value is -1.64. The predicted octanol–water partition coefficient (Wildman–Crippen LogP) is 4.62. The standard InChI is InChI=1S/C18H19NS/c1-19(2)12-5-8-16-15-7-4-3-6-14(15)9-10-18-17(16)11-13-20-18/h3-4,6-11,13H,5,12H2,1-2H3. The van der Waals surface area contributed by atoms with Crippen LogP contribution in [0, 0.1) is 0 Å². The molecule has 0 aliphatic heterocycles. The maximum Gasteiger partial charge on any atom is 0.0349 e. The molecule has 1 aromatic carbocycles. The summed E-state index contributed by atoms with van der Waals surface area (Å²) in [5, 5.41) is 2.18. The van der Waals surface area contributed by atoms with Gasteiger partial charge in [-0.25, -0.2) is 0 Å². The minimum atomic E-state index is 1.08. The molecule has 1 nitrogen and oxygen atoms in total. The molecule has 0 atom stereocenters. The monoisotopic (exact) mass is 281 g/mol. The molecule has 2 heteroatoms. The third kappa shape index (κ3) is 2.62. The summed E-state index contributed by atoms with van der Waals surface area (Å²) in [4.78, 5) is 3.59. The zero-order chi connectivity index (χ0) is 13.9. The number of hydrogen-bond acceptors (Lipinski definition) is 2. The van der Waals surface area contributed by atoms with Crippen molar-refractivity contribution in [3.8, 4) is 0 Å². The molecule has 0 radical (unpaired) electrons. The Bertz CT molecular complexity index is 662. The number of rotatable bonds is 3. The van der Waals surface area contributed by atoms with Crippen LogP contribution >= 0.6 is 11.3 Å². The molecule has 1 aliphatic carbocycles. The Morgan fingerprint density at radius 3 is 2.75 bits per heavy atom. The van der Waals surface area contributed by atoms with Crippen LogP contribution in [0.3, 0.4) is 0 Å². The van der Waals surface area contributed by atoms with Crippen molar-refractivity contribution in [2.24, 2.45) is 0 Å². The first-order chi connectivity index (χ1) is 9.75. The highest BCUT2D eigenvalue weighted by Gasteiger charge is 2.15. The summed E-state index contributed by atoms with van der Waals surface area (Å²) < 4.78 is 0. The Morgan fingerprint density at radius 1 is 1.05 bits per heavy atom.